The third-order valence-corrected chi connectivity index (χ3v) is 21.4. The summed E-state index contributed by atoms with van der Waals surface area (Å²) in [5, 5.41) is 0.382. The van der Waals surface area contributed by atoms with Gasteiger partial charge in [0.05, 0.1) is 0 Å². The van der Waals surface area contributed by atoms with Crippen molar-refractivity contribution in [3.63, 3.8) is 0 Å². The van der Waals surface area contributed by atoms with Gasteiger partial charge in [-0.2, -0.15) is 0 Å². The Morgan fingerprint density at radius 2 is 0.973 bits per heavy atom. The summed E-state index contributed by atoms with van der Waals surface area (Å²) in [5.41, 5.74) is 5.59. The average molecular weight is 653 g/mol. The number of hydrogen-bond acceptors (Lipinski definition) is 2. The van der Waals surface area contributed by atoms with E-state index in [-0.39, 0.29) is 34.9 Å². The van der Waals surface area contributed by atoms with E-state index in [1.54, 1.807) is 0 Å². The molecule has 0 aliphatic heterocycles. The maximum absolute atomic E-state index is 6.75. The Labute approximate surface area is 251 Å². The molecule has 0 fully saturated rings. The van der Waals surface area contributed by atoms with Gasteiger partial charge in [-0.15, -0.1) is 0 Å². The molecule has 2 atom stereocenters. The molecule has 4 rings (SSSR count). The Kier molecular flexibility index (Phi) is 10.1. The molecule has 2 nitrogen and oxygen atoms in total. The molecule has 0 aromatic heterocycles. The minimum atomic E-state index is -1.88. The van der Waals surface area contributed by atoms with Crippen molar-refractivity contribution in [1.82, 2.24) is 0 Å². The van der Waals surface area contributed by atoms with Crippen LogP contribution in [0.4, 0.5) is 0 Å². The zero-order valence-corrected chi connectivity index (χ0v) is 30.0. The second-order valence-corrected chi connectivity index (χ2v) is 26.4. The molecule has 37 heavy (non-hydrogen) atoms. The number of allylic oxidation sites excluding steroid dienone is 2. The third-order valence-electron chi connectivity index (χ3n) is 8.48. The molecule has 2 aliphatic carbocycles. The first-order chi connectivity index (χ1) is 16.1. The van der Waals surface area contributed by atoms with Crippen molar-refractivity contribution in [3.05, 3.63) is 70.8 Å². The van der Waals surface area contributed by atoms with Crippen LogP contribution in [0.5, 0.6) is 11.5 Å². The quantitative estimate of drug-likeness (QED) is 0.446. The van der Waals surface area contributed by atoms with Gasteiger partial charge in [-0.3, -0.25) is 0 Å². The van der Waals surface area contributed by atoms with Crippen molar-refractivity contribution in [2.45, 2.75) is 85.1 Å². The standard InChI is InChI=1S/2C15H21OSi.2ClH.Zr/c2*1-15(2,3)17(4,5)16-14-11-7-9-12-8-6-10-13(12)14;;;/h2*6-11H,1-5H3;2*1H;/q;;;;+2/p-2. The fourth-order valence-electron chi connectivity index (χ4n) is 4.13. The zero-order chi connectivity index (χ0) is 25.8. The van der Waals surface area contributed by atoms with Crippen LogP contribution in [-0.2, 0) is 23.2 Å². The molecule has 2 aromatic rings. The molecule has 0 spiro atoms. The van der Waals surface area contributed by atoms with Crippen molar-refractivity contribution >= 4 is 28.8 Å². The van der Waals surface area contributed by atoms with Gasteiger partial charge in [-0.05, 0) is 0 Å². The van der Waals surface area contributed by atoms with E-state index in [4.69, 9.17) is 8.85 Å². The van der Waals surface area contributed by atoms with Gasteiger partial charge in [-0.25, -0.2) is 0 Å². The molecule has 0 saturated heterocycles. The van der Waals surface area contributed by atoms with Gasteiger partial charge in [0.25, 0.3) is 0 Å². The predicted molar refractivity (Wildman–Crippen MR) is 152 cm³/mol. The zero-order valence-electron chi connectivity index (χ0n) is 24.0. The van der Waals surface area contributed by atoms with Crippen LogP contribution in [-0.4, -0.2) is 16.6 Å². The largest absolute Gasteiger partial charge is 1.00 e. The van der Waals surface area contributed by atoms with Gasteiger partial charge in [0.2, 0.25) is 0 Å². The predicted octanol–water partition coefficient (Wildman–Crippen LogP) is 3.38. The minimum Gasteiger partial charge on any atom is -1.00 e. The average Bonchev–Trinajstić information content (AvgIpc) is 3.32. The second kappa shape index (κ2) is 11.5. The van der Waals surface area contributed by atoms with Crippen molar-refractivity contribution < 1.29 is 56.9 Å². The van der Waals surface area contributed by atoms with Gasteiger partial charge >= 0.3 is 228 Å². The maximum Gasteiger partial charge on any atom is -1.00 e. The monoisotopic (exact) mass is 650 g/mol. The number of rotatable bonds is 6. The summed E-state index contributed by atoms with van der Waals surface area (Å²) in [5.74, 6) is 2.17. The van der Waals surface area contributed by atoms with E-state index in [1.807, 2.05) is 0 Å². The fraction of sp³-hybridized carbons (Fsp3) is 0.467. The third kappa shape index (κ3) is 6.60. The molecule has 0 radical (unpaired) electrons. The number of halogens is 2. The topological polar surface area (TPSA) is 18.5 Å². The maximum atomic E-state index is 6.75. The van der Waals surface area contributed by atoms with Crippen molar-refractivity contribution in [2.24, 2.45) is 0 Å². The van der Waals surface area contributed by atoms with Crippen LogP contribution < -0.4 is 33.7 Å². The van der Waals surface area contributed by atoms with Crippen molar-refractivity contribution in [2.75, 3.05) is 0 Å². The molecular formula is C30H42Cl2O2Si2Zr. The van der Waals surface area contributed by atoms with E-state index >= 15 is 0 Å². The van der Waals surface area contributed by atoms with Crippen LogP contribution >= 0.6 is 0 Å². The minimum absolute atomic E-state index is 0. The van der Waals surface area contributed by atoms with Crippen LogP contribution in [0, 0.1) is 0 Å². The van der Waals surface area contributed by atoms with Gasteiger partial charge in [0.1, 0.15) is 0 Å². The summed E-state index contributed by atoms with van der Waals surface area (Å²) in [7, 11) is -3.75. The Hall–Kier alpha value is -0.583. The van der Waals surface area contributed by atoms with Crippen molar-refractivity contribution in [3.8, 4) is 11.5 Å². The SMILES string of the molecule is CC(C)(C)[Si](C)(C)Oc1cccc2c1C=C[CH]2[Zr+2][CH]1C=Cc2c(O[Si](C)(C)C(C)(C)C)cccc21.[Cl-].[Cl-]. The first kappa shape index (κ1) is 32.6. The Morgan fingerprint density at radius 3 is 1.30 bits per heavy atom. The molecular weight excluding hydrogens is 611 g/mol. The van der Waals surface area contributed by atoms with E-state index < -0.39 is 39.9 Å². The molecule has 2 aromatic carbocycles. The Balaban J connectivity index is 0.00000241. The van der Waals surface area contributed by atoms with Gasteiger partial charge in [0, 0.05) is 0 Å². The van der Waals surface area contributed by atoms with Crippen LogP contribution in [0.1, 0.15) is 71.0 Å². The summed E-state index contributed by atoms with van der Waals surface area (Å²) in [4.78, 5) is 0. The normalized spacial score (nSPS) is 18.3. The fourth-order valence-corrected chi connectivity index (χ4v) is 10.3. The van der Waals surface area contributed by atoms with Crippen molar-refractivity contribution in [1.29, 1.82) is 0 Å². The Morgan fingerprint density at radius 1 is 0.622 bits per heavy atom. The van der Waals surface area contributed by atoms with Crippen LogP contribution in [0.3, 0.4) is 0 Å². The summed E-state index contributed by atoms with van der Waals surface area (Å²) >= 11 is -0.834. The van der Waals surface area contributed by atoms with E-state index in [0.717, 1.165) is 11.5 Å². The molecule has 0 bridgehead atoms. The summed E-state index contributed by atoms with van der Waals surface area (Å²) < 4.78 is 14.6. The molecule has 200 valence electrons. The van der Waals surface area contributed by atoms with Crippen LogP contribution in [0.15, 0.2) is 48.6 Å². The number of benzene rings is 2. The molecule has 0 saturated carbocycles. The smallest absolute Gasteiger partial charge is 1.00 e. The first-order valence-corrected chi connectivity index (χ1v) is 21.5. The van der Waals surface area contributed by atoms with Crippen LogP contribution in [0.25, 0.3) is 12.2 Å². The summed E-state index contributed by atoms with van der Waals surface area (Å²) in [6.45, 7) is 23.2. The van der Waals surface area contributed by atoms with Gasteiger partial charge < -0.3 is 24.8 Å². The van der Waals surface area contributed by atoms with E-state index in [9.17, 15) is 0 Å². The van der Waals surface area contributed by atoms with E-state index in [2.05, 4.69) is 128 Å². The summed E-state index contributed by atoms with van der Waals surface area (Å²) in [6, 6.07) is 13.4. The molecule has 7 heteroatoms. The molecule has 0 heterocycles. The molecule has 0 N–H and O–H groups in total. The van der Waals surface area contributed by atoms with Gasteiger partial charge in [0.15, 0.2) is 0 Å². The molecule has 2 aliphatic rings. The summed E-state index contributed by atoms with van der Waals surface area (Å²) in [6.07, 6.45) is 9.58. The van der Waals surface area contributed by atoms with Crippen LogP contribution in [0.2, 0.25) is 36.3 Å². The van der Waals surface area contributed by atoms with Gasteiger partial charge in [-0.1, -0.05) is 0 Å². The Bertz CT molecular complexity index is 1090. The number of hydrogen-bond donors (Lipinski definition) is 0. The second-order valence-electron chi connectivity index (χ2n) is 13.1. The van der Waals surface area contributed by atoms with E-state index in [1.165, 1.54) is 22.3 Å². The number of fused-ring (bicyclic) bond motifs is 2. The first-order valence-electron chi connectivity index (χ1n) is 12.9. The molecule has 0 amide bonds. The van der Waals surface area contributed by atoms with E-state index in [0.29, 0.717) is 7.25 Å². The molecule has 2 unspecified atom stereocenters.